The third kappa shape index (κ3) is 3.79. The van der Waals surface area contributed by atoms with Gasteiger partial charge in [0, 0.05) is 24.7 Å². The molecule has 1 saturated heterocycles. The van der Waals surface area contributed by atoms with Gasteiger partial charge in [-0.15, -0.1) is 0 Å². The van der Waals surface area contributed by atoms with Crippen molar-refractivity contribution < 1.29 is 23.8 Å². The summed E-state index contributed by atoms with van der Waals surface area (Å²) in [6, 6.07) is 5.51. The highest BCUT2D eigenvalue weighted by Gasteiger charge is 2.64. The number of carbonyl (C=O) groups excluding carboxylic acids is 2. The molecule has 1 saturated carbocycles. The van der Waals surface area contributed by atoms with Crippen LogP contribution in [0.4, 0.5) is 0 Å². The summed E-state index contributed by atoms with van der Waals surface area (Å²) in [6.45, 7) is 5.07. The Kier molecular flexibility index (Phi) is 6.51. The molecule has 2 fully saturated rings. The molecule has 0 N–H and O–H groups in total. The molecular weight excluding hydrogens is 334 g/mol. The highest BCUT2D eigenvalue weighted by Crippen LogP contribution is 2.57. The molecule has 26 heavy (non-hydrogen) atoms. The van der Waals surface area contributed by atoms with E-state index in [0.717, 1.165) is 18.4 Å². The van der Waals surface area contributed by atoms with E-state index in [1.165, 1.54) is 13.5 Å². The first kappa shape index (κ1) is 20.1. The zero-order valence-electron chi connectivity index (χ0n) is 16.3. The number of rotatable bonds is 5. The lowest BCUT2D eigenvalue weighted by Gasteiger charge is -2.18. The Labute approximate surface area is 155 Å². The fourth-order valence-corrected chi connectivity index (χ4v) is 3.41. The number of hydrogen-bond donors (Lipinski definition) is 0. The van der Waals surface area contributed by atoms with Crippen LogP contribution in [0, 0.1) is 11.3 Å². The largest absolute Gasteiger partial charge is 0.497 e. The van der Waals surface area contributed by atoms with E-state index in [4.69, 9.17) is 14.2 Å². The van der Waals surface area contributed by atoms with Gasteiger partial charge in [-0.25, -0.2) is 0 Å². The molecule has 1 spiro atoms. The van der Waals surface area contributed by atoms with E-state index < -0.39 is 5.41 Å². The molecule has 1 aromatic rings. The topological polar surface area (TPSA) is 65.1 Å². The number of benzene rings is 1. The zero-order chi connectivity index (χ0) is 19.3. The molecule has 1 amide bonds. The molecule has 0 aromatic heterocycles. The molecule has 1 aliphatic carbocycles. The van der Waals surface area contributed by atoms with E-state index in [9.17, 15) is 9.59 Å². The number of amides is 1. The number of hydrogen-bond acceptors (Lipinski definition) is 5. The van der Waals surface area contributed by atoms with E-state index in [1.54, 1.807) is 25.2 Å². The molecule has 1 aliphatic heterocycles. The van der Waals surface area contributed by atoms with Crippen molar-refractivity contribution in [3.63, 3.8) is 0 Å². The van der Waals surface area contributed by atoms with E-state index in [0.29, 0.717) is 24.6 Å². The van der Waals surface area contributed by atoms with Gasteiger partial charge in [0.15, 0.2) is 0 Å². The second kappa shape index (κ2) is 8.43. The molecular formula is C20H29NO5. The van der Waals surface area contributed by atoms with Gasteiger partial charge in [-0.1, -0.05) is 20.3 Å². The maximum atomic E-state index is 12.7. The Balaban J connectivity index is 0.000000758. The SMILES string of the molecule is CCC.COC(=O)C1CN(Cc2ccc(OC)cc2OC)C(=O)C12CC2. The Morgan fingerprint density at radius 1 is 1.19 bits per heavy atom. The first-order valence-electron chi connectivity index (χ1n) is 9.05. The first-order chi connectivity index (χ1) is 12.5. The van der Waals surface area contributed by atoms with E-state index in [1.807, 2.05) is 12.1 Å². The number of nitrogens with zero attached hydrogens (tertiary/aromatic N) is 1. The van der Waals surface area contributed by atoms with Crippen LogP contribution in [0.15, 0.2) is 18.2 Å². The minimum absolute atomic E-state index is 0.0470. The first-order valence-corrected chi connectivity index (χ1v) is 9.05. The summed E-state index contributed by atoms with van der Waals surface area (Å²) >= 11 is 0. The van der Waals surface area contributed by atoms with Gasteiger partial charge in [-0.2, -0.15) is 0 Å². The van der Waals surface area contributed by atoms with Crippen molar-refractivity contribution in [1.29, 1.82) is 0 Å². The van der Waals surface area contributed by atoms with Crippen LogP contribution < -0.4 is 9.47 Å². The van der Waals surface area contributed by atoms with Gasteiger partial charge < -0.3 is 19.1 Å². The summed E-state index contributed by atoms with van der Waals surface area (Å²) in [5.41, 5.74) is 0.371. The average Bonchev–Trinajstić information content (AvgIpc) is 3.41. The maximum Gasteiger partial charge on any atom is 0.311 e. The molecule has 0 bridgehead atoms. The van der Waals surface area contributed by atoms with Crippen molar-refractivity contribution in [3.05, 3.63) is 23.8 Å². The molecule has 3 rings (SSSR count). The van der Waals surface area contributed by atoms with Crippen molar-refractivity contribution in [2.45, 2.75) is 39.7 Å². The number of esters is 1. The smallest absolute Gasteiger partial charge is 0.311 e. The molecule has 6 nitrogen and oxygen atoms in total. The monoisotopic (exact) mass is 363 g/mol. The summed E-state index contributed by atoms with van der Waals surface area (Å²) in [4.78, 5) is 26.4. The number of carbonyl (C=O) groups is 2. The van der Waals surface area contributed by atoms with Crippen molar-refractivity contribution in [2.75, 3.05) is 27.9 Å². The fourth-order valence-electron chi connectivity index (χ4n) is 3.41. The van der Waals surface area contributed by atoms with Crippen LogP contribution in [0.2, 0.25) is 0 Å². The highest BCUT2D eigenvalue weighted by atomic mass is 16.5. The molecule has 144 valence electrons. The maximum absolute atomic E-state index is 12.7. The van der Waals surface area contributed by atoms with Gasteiger partial charge in [-0.3, -0.25) is 9.59 Å². The zero-order valence-corrected chi connectivity index (χ0v) is 16.3. The van der Waals surface area contributed by atoms with Crippen LogP contribution in [0.5, 0.6) is 11.5 Å². The van der Waals surface area contributed by atoms with Crippen molar-refractivity contribution >= 4 is 11.9 Å². The lowest BCUT2D eigenvalue weighted by atomic mass is 9.92. The summed E-state index contributed by atoms with van der Waals surface area (Å²) in [5.74, 6) is 0.767. The van der Waals surface area contributed by atoms with E-state index in [-0.39, 0.29) is 17.8 Å². The Morgan fingerprint density at radius 3 is 2.35 bits per heavy atom. The average molecular weight is 363 g/mol. The quantitative estimate of drug-likeness (QED) is 0.753. The number of methoxy groups -OCH3 is 3. The van der Waals surface area contributed by atoms with Crippen LogP contribution in [0.25, 0.3) is 0 Å². The predicted molar refractivity (Wildman–Crippen MR) is 98.1 cm³/mol. The standard InChI is InChI=1S/C17H21NO5.C3H8/c1-21-12-5-4-11(14(8-12)22-2)9-18-10-13(15(19)23-3)17(6-7-17)16(18)20;1-3-2/h4-5,8,13H,6-7,9-10H2,1-3H3;3H2,1-2H3. The lowest BCUT2D eigenvalue weighted by molar-refractivity contribution is -0.148. The molecule has 0 radical (unpaired) electrons. The summed E-state index contributed by atoms with van der Waals surface area (Å²) in [5, 5.41) is 0. The van der Waals surface area contributed by atoms with Crippen LogP contribution in [0.3, 0.4) is 0 Å². The van der Waals surface area contributed by atoms with Gasteiger partial charge in [0.2, 0.25) is 5.91 Å². The van der Waals surface area contributed by atoms with Crippen molar-refractivity contribution in [3.8, 4) is 11.5 Å². The van der Waals surface area contributed by atoms with Crippen LogP contribution >= 0.6 is 0 Å². The minimum atomic E-state index is -0.521. The Bertz CT molecular complexity index is 654. The third-order valence-corrected chi connectivity index (χ3v) is 4.91. The fraction of sp³-hybridized carbons (Fsp3) is 0.600. The molecule has 1 unspecified atom stereocenters. The van der Waals surface area contributed by atoms with Crippen LogP contribution in [-0.4, -0.2) is 44.7 Å². The number of ether oxygens (including phenoxy) is 3. The third-order valence-electron chi connectivity index (χ3n) is 4.91. The van der Waals surface area contributed by atoms with Gasteiger partial charge in [0.05, 0.1) is 32.7 Å². The van der Waals surface area contributed by atoms with Crippen molar-refractivity contribution in [1.82, 2.24) is 4.90 Å². The Hall–Kier alpha value is -2.24. The molecule has 6 heteroatoms. The van der Waals surface area contributed by atoms with Gasteiger partial charge >= 0.3 is 5.97 Å². The normalized spacial score (nSPS) is 19.7. The van der Waals surface area contributed by atoms with E-state index >= 15 is 0 Å². The predicted octanol–water partition coefficient (Wildman–Crippen LogP) is 3.03. The number of likely N-dealkylation sites (tertiary alicyclic amines) is 1. The second-order valence-corrected chi connectivity index (χ2v) is 6.80. The van der Waals surface area contributed by atoms with Crippen LogP contribution in [-0.2, 0) is 20.9 Å². The van der Waals surface area contributed by atoms with Gasteiger partial charge in [-0.05, 0) is 25.0 Å². The summed E-state index contributed by atoms with van der Waals surface area (Å²) in [7, 11) is 4.55. The second-order valence-electron chi connectivity index (χ2n) is 6.80. The van der Waals surface area contributed by atoms with E-state index in [2.05, 4.69) is 13.8 Å². The van der Waals surface area contributed by atoms with Crippen molar-refractivity contribution in [2.24, 2.45) is 11.3 Å². The van der Waals surface area contributed by atoms with Crippen LogP contribution in [0.1, 0.15) is 38.7 Å². The highest BCUT2D eigenvalue weighted by molar-refractivity contribution is 5.94. The van der Waals surface area contributed by atoms with Gasteiger partial charge in [0.1, 0.15) is 11.5 Å². The summed E-state index contributed by atoms with van der Waals surface area (Å²) < 4.78 is 15.4. The molecule has 1 atom stereocenters. The molecule has 2 aliphatic rings. The molecule has 1 aromatic carbocycles. The minimum Gasteiger partial charge on any atom is -0.497 e. The lowest BCUT2D eigenvalue weighted by Crippen LogP contribution is -2.27. The van der Waals surface area contributed by atoms with Gasteiger partial charge in [0.25, 0.3) is 0 Å². The summed E-state index contributed by atoms with van der Waals surface area (Å²) in [6.07, 6.45) is 2.78. The Morgan fingerprint density at radius 2 is 1.85 bits per heavy atom. The molecule has 1 heterocycles.